The third kappa shape index (κ3) is 4.95. The lowest BCUT2D eigenvalue weighted by Crippen LogP contribution is -2.07. The Morgan fingerprint density at radius 3 is 2.87 bits per heavy atom. The van der Waals surface area contributed by atoms with Crippen LogP contribution in [-0.4, -0.2) is 22.7 Å². The maximum absolute atomic E-state index is 9.08. The van der Waals surface area contributed by atoms with E-state index in [4.69, 9.17) is 5.11 Å². The van der Waals surface area contributed by atoms with Crippen molar-refractivity contribution in [1.29, 1.82) is 0 Å². The minimum absolute atomic E-state index is 0.229. The highest BCUT2D eigenvalue weighted by Crippen LogP contribution is 2.23. The maximum atomic E-state index is 9.08. The fourth-order valence-electron chi connectivity index (χ4n) is 1.15. The minimum Gasteiger partial charge on any atom is -0.393 e. The number of halogens is 2. The monoisotopic (exact) mass is 336 g/mol. The van der Waals surface area contributed by atoms with Crippen LogP contribution in [0.25, 0.3) is 0 Å². The number of rotatable bonds is 5. The Labute approximate surface area is 107 Å². The number of pyridine rings is 1. The Morgan fingerprint density at radius 2 is 2.27 bits per heavy atom. The first kappa shape index (κ1) is 12.9. The molecule has 0 aromatic carbocycles. The molecule has 3 nitrogen and oxygen atoms in total. The van der Waals surface area contributed by atoms with E-state index in [2.05, 4.69) is 42.2 Å². The summed E-state index contributed by atoms with van der Waals surface area (Å²) in [7, 11) is 0. The molecule has 1 rings (SSSR count). The summed E-state index contributed by atoms with van der Waals surface area (Å²) in [4.78, 5) is 4.23. The van der Waals surface area contributed by atoms with Crippen molar-refractivity contribution in [2.24, 2.45) is 0 Å². The number of anilines is 1. The van der Waals surface area contributed by atoms with Gasteiger partial charge in [0.15, 0.2) is 0 Å². The standard InChI is InChI=1S/C10H14Br2N2O/c1-7(15)3-2-4-13-10-9(12)5-8(11)6-14-10/h5-7,15H,2-4H2,1H3,(H,13,14). The number of nitrogens with zero attached hydrogens (tertiary/aromatic N) is 1. The average molecular weight is 338 g/mol. The van der Waals surface area contributed by atoms with E-state index in [0.29, 0.717) is 0 Å². The molecule has 0 saturated heterocycles. The molecule has 15 heavy (non-hydrogen) atoms. The SMILES string of the molecule is CC(O)CCCNc1ncc(Br)cc1Br. The van der Waals surface area contributed by atoms with Gasteiger partial charge in [-0.05, 0) is 57.7 Å². The Balaban J connectivity index is 2.37. The van der Waals surface area contributed by atoms with E-state index < -0.39 is 0 Å². The fraction of sp³-hybridized carbons (Fsp3) is 0.500. The lowest BCUT2D eigenvalue weighted by atomic mass is 10.2. The molecule has 84 valence electrons. The third-order valence-corrected chi connectivity index (χ3v) is 2.94. The summed E-state index contributed by atoms with van der Waals surface area (Å²) in [6, 6.07) is 1.95. The van der Waals surface area contributed by atoms with Crippen LogP contribution in [0.5, 0.6) is 0 Å². The molecule has 1 aromatic rings. The Hall–Kier alpha value is -0.130. The molecule has 1 unspecified atom stereocenters. The van der Waals surface area contributed by atoms with E-state index >= 15 is 0 Å². The second-order valence-electron chi connectivity index (χ2n) is 3.40. The zero-order chi connectivity index (χ0) is 11.3. The zero-order valence-corrected chi connectivity index (χ0v) is 11.7. The van der Waals surface area contributed by atoms with Crippen molar-refractivity contribution in [3.63, 3.8) is 0 Å². The number of hydrogen-bond acceptors (Lipinski definition) is 3. The number of aliphatic hydroxyl groups excluding tert-OH is 1. The molecule has 0 aliphatic rings. The molecule has 1 aromatic heterocycles. The van der Waals surface area contributed by atoms with Gasteiger partial charge < -0.3 is 10.4 Å². The molecule has 0 spiro atoms. The normalized spacial score (nSPS) is 12.5. The van der Waals surface area contributed by atoms with Gasteiger partial charge in [0.1, 0.15) is 5.82 Å². The largest absolute Gasteiger partial charge is 0.393 e. The van der Waals surface area contributed by atoms with Crippen molar-refractivity contribution < 1.29 is 5.11 Å². The molecule has 0 aliphatic carbocycles. The summed E-state index contributed by atoms with van der Waals surface area (Å²) in [6.45, 7) is 2.62. The van der Waals surface area contributed by atoms with Crippen LogP contribution in [0.15, 0.2) is 21.2 Å². The van der Waals surface area contributed by atoms with E-state index in [9.17, 15) is 0 Å². The molecule has 0 radical (unpaired) electrons. The Bertz CT molecular complexity index is 318. The van der Waals surface area contributed by atoms with Gasteiger partial charge in [-0.2, -0.15) is 0 Å². The quantitative estimate of drug-likeness (QED) is 0.811. The fourth-order valence-corrected chi connectivity index (χ4v) is 2.28. The van der Waals surface area contributed by atoms with E-state index in [1.54, 1.807) is 13.1 Å². The topological polar surface area (TPSA) is 45.1 Å². The third-order valence-electron chi connectivity index (χ3n) is 1.90. The van der Waals surface area contributed by atoms with Gasteiger partial charge in [0.05, 0.1) is 10.6 Å². The smallest absolute Gasteiger partial charge is 0.140 e. The highest BCUT2D eigenvalue weighted by molar-refractivity contribution is 9.11. The van der Waals surface area contributed by atoms with Gasteiger partial charge in [-0.25, -0.2) is 4.98 Å². The second kappa shape index (κ2) is 6.45. The van der Waals surface area contributed by atoms with Crippen LogP contribution in [0, 0.1) is 0 Å². The van der Waals surface area contributed by atoms with Crippen molar-refractivity contribution in [2.75, 3.05) is 11.9 Å². The highest BCUT2D eigenvalue weighted by atomic mass is 79.9. The molecule has 0 fully saturated rings. The van der Waals surface area contributed by atoms with E-state index in [1.807, 2.05) is 6.07 Å². The van der Waals surface area contributed by atoms with Crippen molar-refractivity contribution in [2.45, 2.75) is 25.9 Å². The van der Waals surface area contributed by atoms with Gasteiger partial charge >= 0.3 is 0 Å². The highest BCUT2D eigenvalue weighted by Gasteiger charge is 2.01. The van der Waals surface area contributed by atoms with E-state index in [-0.39, 0.29) is 6.10 Å². The van der Waals surface area contributed by atoms with Crippen LogP contribution in [0.1, 0.15) is 19.8 Å². The summed E-state index contributed by atoms with van der Waals surface area (Å²) in [6.07, 6.45) is 3.26. The van der Waals surface area contributed by atoms with Crippen LogP contribution >= 0.6 is 31.9 Å². The number of aromatic nitrogens is 1. The van der Waals surface area contributed by atoms with E-state index in [0.717, 1.165) is 34.1 Å². The molecule has 1 atom stereocenters. The second-order valence-corrected chi connectivity index (χ2v) is 5.17. The van der Waals surface area contributed by atoms with Crippen molar-refractivity contribution in [3.05, 3.63) is 21.2 Å². The van der Waals surface area contributed by atoms with Gasteiger partial charge in [-0.15, -0.1) is 0 Å². The summed E-state index contributed by atoms with van der Waals surface area (Å²) in [5.41, 5.74) is 0. The molecule has 0 bridgehead atoms. The van der Waals surface area contributed by atoms with Gasteiger partial charge in [0, 0.05) is 17.2 Å². The predicted octanol–water partition coefficient (Wildman–Crippen LogP) is 3.18. The molecule has 0 amide bonds. The maximum Gasteiger partial charge on any atom is 0.140 e. The first-order chi connectivity index (χ1) is 7.09. The molecular formula is C10H14Br2N2O. The van der Waals surface area contributed by atoms with Crippen LogP contribution < -0.4 is 5.32 Å². The van der Waals surface area contributed by atoms with Crippen molar-refractivity contribution in [3.8, 4) is 0 Å². The number of nitrogens with one attached hydrogen (secondary N) is 1. The molecule has 0 aliphatic heterocycles. The number of aliphatic hydroxyl groups is 1. The summed E-state index contributed by atoms with van der Waals surface area (Å²) in [5, 5.41) is 12.3. The van der Waals surface area contributed by atoms with Gasteiger partial charge in [-0.1, -0.05) is 0 Å². The van der Waals surface area contributed by atoms with Gasteiger partial charge in [0.25, 0.3) is 0 Å². The zero-order valence-electron chi connectivity index (χ0n) is 8.50. The van der Waals surface area contributed by atoms with Crippen LogP contribution in [0.4, 0.5) is 5.82 Å². The summed E-state index contributed by atoms with van der Waals surface area (Å²) < 4.78 is 1.89. The first-order valence-corrected chi connectivity index (χ1v) is 6.41. The summed E-state index contributed by atoms with van der Waals surface area (Å²) >= 11 is 6.77. The first-order valence-electron chi connectivity index (χ1n) is 4.82. The van der Waals surface area contributed by atoms with Gasteiger partial charge in [-0.3, -0.25) is 0 Å². The van der Waals surface area contributed by atoms with Crippen LogP contribution in [0.2, 0.25) is 0 Å². The predicted molar refractivity (Wildman–Crippen MR) is 69.0 cm³/mol. The molecule has 5 heteroatoms. The molecule has 2 N–H and O–H groups in total. The molecular weight excluding hydrogens is 324 g/mol. The Kier molecular flexibility index (Phi) is 5.56. The summed E-state index contributed by atoms with van der Waals surface area (Å²) in [5.74, 6) is 0.837. The minimum atomic E-state index is -0.229. The van der Waals surface area contributed by atoms with Gasteiger partial charge in [0.2, 0.25) is 0 Å². The lowest BCUT2D eigenvalue weighted by molar-refractivity contribution is 0.183. The van der Waals surface area contributed by atoms with Crippen LogP contribution in [0.3, 0.4) is 0 Å². The number of hydrogen-bond donors (Lipinski definition) is 2. The van der Waals surface area contributed by atoms with Crippen LogP contribution in [-0.2, 0) is 0 Å². The lowest BCUT2D eigenvalue weighted by Gasteiger charge is -2.08. The van der Waals surface area contributed by atoms with E-state index in [1.165, 1.54) is 0 Å². The Morgan fingerprint density at radius 1 is 1.53 bits per heavy atom. The molecule has 1 heterocycles. The average Bonchev–Trinajstić information content (AvgIpc) is 2.14. The molecule has 0 saturated carbocycles. The van der Waals surface area contributed by atoms with Crippen molar-refractivity contribution in [1.82, 2.24) is 4.98 Å². The van der Waals surface area contributed by atoms with Crippen molar-refractivity contribution >= 4 is 37.7 Å².